The van der Waals surface area contributed by atoms with E-state index in [1.54, 1.807) is 7.11 Å². The number of rotatable bonds is 4. The summed E-state index contributed by atoms with van der Waals surface area (Å²) in [7, 11) is 6.02. The molecule has 3 heteroatoms. The van der Waals surface area contributed by atoms with E-state index in [1.807, 2.05) is 0 Å². The normalized spacial score (nSPS) is 34.4. The van der Waals surface area contributed by atoms with Gasteiger partial charge in [0.1, 0.15) is 0 Å². The fourth-order valence-electron chi connectivity index (χ4n) is 2.75. The first-order valence-electron chi connectivity index (χ1n) is 5.95. The van der Waals surface area contributed by atoms with E-state index in [4.69, 9.17) is 10.5 Å². The summed E-state index contributed by atoms with van der Waals surface area (Å²) < 4.78 is 5.21. The highest BCUT2D eigenvalue weighted by Crippen LogP contribution is 2.37. The highest BCUT2D eigenvalue weighted by molar-refractivity contribution is 4.99. The summed E-state index contributed by atoms with van der Waals surface area (Å²) in [4.78, 5) is 2.31. The minimum atomic E-state index is 0.130. The molecular weight excluding hydrogens is 188 g/mol. The molecule has 1 fully saturated rings. The summed E-state index contributed by atoms with van der Waals surface area (Å²) in [6.45, 7) is 2.99. The number of nitrogens with two attached hydrogens (primary N) is 1. The largest absolute Gasteiger partial charge is 0.383 e. The molecule has 90 valence electrons. The van der Waals surface area contributed by atoms with Crippen molar-refractivity contribution in [3.63, 3.8) is 0 Å². The van der Waals surface area contributed by atoms with Crippen LogP contribution in [0, 0.1) is 5.92 Å². The van der Waals surface area contributed by atoms with E-state index in [-0.39, 0.29) is 11.6 Å². The van der Waals surface area contributed by atoms with Crippen molar-refractivity contribution in [1.29, 1.82) is 0 Å². The maximum Gasteiger partial charge on any atom is 0.0631 e. The predicted octanol–water partition coefficient (Wildman–Crippen LogP) is 1.47. The number of nitrogens with zero attached hydrogens (tertiary/aromatic N) is 1. The molecular formula is C12H26N2O. The molecule has 0 heterocycles. The van der Waals surface area contributed by atoms with Gasteiger partial charge in [-0.05, 0) is 45.7 Å². The van der Waals surface area contributed by atoms with E-state index in [0.29, 0.717) is 6.61 Å². The number of hydrogen-bond donors (Lipinski definition) is 1. The van der Waals surface area contributed by atoms with Crippen LogP contribution < -0.4 is 5.73 Å². The van der Waals surface area contributed by atoms with E-state index in [2.05, 4.69) is 25.9 Å². The van der Waals surface area contributed by atoms with Crippen LogP contribution in [0.4, 0.5) is 0 Å². The summed E-state index contributed by atoms with van der Waals surface area (Å²) in [6.07, 6.45) is 4.97. The molecule has 0 aliphatic heterocycles. The van der Waals surface area contributed by atoms with E-state index in [0.717, 1.165) is 5.92 Å². The maximum absolute atomic E-state index is 6.27. The quantitative estimate of drug-likeness (QED) is 0.770. The zero-order valence-electron chi connectivity index (χ0n) is 10.6. The van der Waals surface area contributed by atoms with Crippen molar-refractivity contribution in [2.45, 2.75) is 44.2 Å². The van der Waals surface area contributed by atoms with Crippen molar-refractivity contribution in [3.05, 3.63) is 0 Å². The summed E-state index contributed by atoms with van der Waals surface area (Å²) in [6, 6.07) is 0.130. The van der Waals surface area contributed by atoms with Crippen LogP contribution in [-0.4, -0.2) is 44.3 Å². The van der Waals surface area contributed by atoms with Gasteiger partial charge in [0, 0.05) is 18.7 Å². The topological polar surface area (TPSA) is 38.5 Å². The molecule has 0 aromatic heterocycles. The third kappa shape index (κ3) is 2.71. The molecule has 1 rings (SSSR count). The first kappa shape index (κ1) is 12.9. The van der Waals surface area contributed by atoms with Crippen molar-refractivity contribution >= 4 is 0 Å². The smallest absolute Gasteiger partial charge is 0.0631 e. The van der Waals surface area contributed by atoms with Gasteiger partial charge in [0.25, 0.3) is 0 Å². The summed E-state index contributed by atoms with van der Waals surface area (Å²) >= 11 is 0. The zero-order chi connectivity index (χ0) is 11.5. The molecule has 1 atom stereocenters. The van der Waals surface area contributed by atoms with Crippen LogP contribution in [0.25, 0.3) is 0 Å². The Morgan fingerprint density at radius 1 is 1.40 bits per heavy atom. The van der Waals surface area contributed by atoms with Gasteiger partial charge < -0.3 is 15.4 Å². The fraction of sp³-hybridized carbons (Fsp3) is 1.00. The predicted molar refractivity (Wildman–Crippen MR) is 63.9 cm³/mol. The van der Waals surface area contributed by atoms with Gasteiger partial charge in [-0.15, -0.1) is 0 Å². The monoisotopic (exact) mass is 214 g/mol. The molecule has 2 N–H and O–H groups in total. The van der Waals surface area contributed by atoms with Crippen LogP contribution in [0.2, 0.25) is 0 Å². The van der Waals surface area contributed by atoms with E-state index < -0.39 is 0 Å². The summed E-state index contributed by atoms with van der Waals surface area (Å²) in [5, 5.41) is 0. The molecule has 1 aliphatic rings. The lowest BCUT2D eigenvalue weighted by Crippen LogP contribution is -2.60. The Morgan fingerprint density at radius 2 is 1.93 bits per heavy atom. The van der Waals surface area contributed by atoms with Crippen LogP contribution in [0.3, 0.4) is 0 Å². The van der Waals surface area contributed by atoms with Gasteiger partial charge in [0.2, 0.25) is 0 Å². The first-order chi connectivity index (χ1) is 7.03. The standard InChI is InChI=1S/C12H26N2O/c1-10-5-7-12(8-6-10,14(2)3)11(13)9-15-4/h10-11H,5-9,13H2,1-4H3. The van der Waals surface area contributed by atoms with E-state index in [1.165, 1.54) is 25.7 Å². The molecule has 1 saturated carbocycles. The van der Waals surface area contributed by atoms with Gasteiger partial charge in [0.15, 0.2) is 0 Å². The lowest BCUT2D eigenvalue weighted by molar-refractivity contribution is 0.0254. The summed E-state index contributed by atoms with van der Waals surface area (Å²) in [5.41, 5.74) is 6.43. The molecule has 0 radical (unpaired) electrons. The molecule has 0 saturated heterocycles. The third-order valence-corrected chi connectivity index (χ3v) is 4.07. The number of ether oxygens (including phenoxy) is 1. The Balaban J connectivity index is 2.70. The van der Waals surface area contributed by atoms with E-state index in [9.17, 15) is 0 Å². The van der Waals surface area contributed by atoms with Gasteiger partial charge in [-0.25, -0.2) is 0 Å². The Hall–Kier alpha value is -0.120. The average molecular weight is 214 g/mol. The minimum absolute atomic E-state index is 0.130. The lowest BCUT2D eigenvalue weighted by atomic mass is 9.72. The van der Waals surface area contributed by atoms with Crippen LogP contribution >= 0.6 is 0 Å². The number of hydrogen-bond acceptors (Lipinski definition) is 3. The van der Waals surface area contributed by atoms with Crippen molar-refractivity contribution in [1.82, 2.24) is 4.90 Å². The lowest BCUT2D eigenvalue weighted by Gasteiger charge is -2.48. The molecule has 3 nitrogen and oxygen atoms in total. The van der Waals surface area contributed by atoms with Gasteiger partial charge >= 0.3 is 0 Å². The second kappa shape index (κ2) is 5.28. The van der Waals surface area contributed by atoms with Crippen LogP contribution in [0.5, 0.6) is 0 Å². The van der Waals surface area contributed by atoms with Crippen LogP contribution in [-0.2, 0) is 4.74 Å². The van der Waals surface area contributed by atoms with Crippen molar-refractivity contribution in [2.24, 2.45) is 11.7 Å². The Kier molecular flexibility index (Phi) is 4.56. The van der Waals surface area contributed by atoms with Gasteiger partial charge in [-0.3, -0.25) is 0 Å². The van der Waals surface area contributed by atoms with Crippen molar-refractivity contribution in [3.8, 4) is 0 Å². The molecule has 15 heavy (non-hydrogen) atoms. The van der Waals surface area contributed by atoms with Crippen molar-refractivity contribution in [2.75, 3.05) is 27.8 Å². The van der Waals surface area contributed by atoms with Crippen LogP contribution in [0.1, 0.15) is 32.6 Å². The molecule has 1 aliphatic carbocycles. The van der Waals surface area contributed by atoms with E-state index >= 15 is 0 Å². The maximum atomic E-state index is 6.27. The second-order valence-corrected chi connectivity index (χ2v) is 5.24. The minimum Gasteiger partial charge on any atom is -0.383 e. The molecule has 0 aromatic rings. The molecule has 1 unspecified atom stereocenters. The average Bonchev–Trinajstić information content (AvgIpc) is 2.19. The number of likely N-dealkylation sites (N-methyl/N-ethyl adjacent to an activating group) is 1. The fourth-order valence-corrected chi connectivity index (χ4v) is 2.75. The SMILES string of the molecule is COCC(N)C1(N(C)C)CCC(C)CC1. The number of methoxy groups -OCH3 is 1. The molecule has 0 bridgehead atoms. The Bertz CT molecular complexity index is 186. The highest BCUT2D eigenvalue weighted by Gasteiger charge is 2.41. The Labute approximate surface area is 94.0 Å². The van der Waals surface area contributed by atoms with Gasteiger partial charge in [0.05, 0.1) is 6.61 Å². The van der Waals surface area contributed by atoms with Crippen molar-refractivity contribution < 1.29 is 4.74 Å². The molecule has 0 spiro atoms. The molecule has 0 aromatic carbocycles. The van der Waals surface area contributed by atoms with Gasteiger partial charge in [-0.1, -0.05) is 6.92 Å². The third-order valence-electron chi connectivity index (χ3n) is 4.07. The first-order valence-corrected chi connectivity index (χ1v) is 5.95. The Morgan fingerprint density at radius 3 is 2.33 bits per heavy atom. The van der Waals surface area contributed by atoms with Crippen LogP contribution in [0.15, 0.2) is 0 Å². The highest BCUT2D eigenvalue weighted by atomic mass is 16.5. The van der Waals surface area contributed by atoms with Gasteiger partial charge in [-0.2, -0.15) is 0 Å². The zero-order valence-corrected chi connectivity index (χ0v) is 10.6. The molecule has 0 amide bonds. The second-order valence-electron chi connectivity index (χ2n) is 5.24. The summed E-state index contributed by atoms with van der Waals surface area (Å²) in [5.74, 6) is 0.854.